The molecule has 2 fully saturated rings. The van der Waals surface area contributed by atoms with Crippen molar-refractivity contribution in [2.45, 2.75) is 44.2 Å². The Morgan fingerprint density at radius 3 is 2.84 bits per heavy atom. The number of aliphatic hydroxyl groups excluding tert-OH is 1. The lowest BCUT2D eigenvalue weighted by atomic mass is 9.94. The minimum atomic E-state index is -0.305. The minimum Gasteiger partial charge on any atom is -0.393 e. The molecule has 1 aromatic carbocycles. The van der Waals surface area contributed by atoms with E-state index < -0.39 is 0 Å². The van der Waals surface area contributed by atoms with Crippen LogP contribution in [0.5, 0.6) is 0 Å². The highest BCUT2D eigenvalue weighted by atomic mass is 16.5. The number of carbonyl (C=O) groups is 1. The number of hydrogen-bond acceptors (Lipinski definition) is 6. The predicted molar refractivity (Wildman–Crippen MR) is 117 cm³/mol. The van der Waals surface area contributed by atoms with Crippen molar-refractivity contribution in [1.82, 2.24) is 19.9 Å². The number of amides is 1. The Morgan fingerprint density at radius 1 is 1.13 bits per heavy atom. The lowest BCUT2D eigenvalue weighted by Crippen LogP contribution is -2.39. The molecule has 0 radical (unpaired) electrons. The van der Waals surface area contributed by atoms with Crippen LogP contribution < -0.4 is 0 Å². The monoisotopic (exact) mass is 420 g/mol. The maximum absolute atomic E-state index is 12.7. The van der Waals surface area contributed by atoms with Gasteiger partial charge in [0.25, 0.3) is 5.91 Å². The first-order chi connectivity index (χ1) is 15.2. The minimum absolute atomic E-state index is 0.124. The Kier molecular flexibility index (Phi) is 5.70. The Labute approximate surface area is 181 Å². The van der Waals surface area contributed by atoms with Crippen LogP contribution in [0.4, 0.5) is 0 Å². The van der Waals surface area contributed by atoms with Gasteiger partial charge in [0.1, 0.15) is 0 Å². The van der Waals surface area contributed by atoms with Crippen molar-refractivity contribution < 1.29 is 14.4 Å². The van der Waals surface area contributed by atoms with Crippen LogP contribution in [-0.4, -0.2) is 63.2 Å². The van der Waals surface area contributed by atoms with Crippen molar-refractivity contribution in [1.29, 1.82) is 0 Å². The van der Waals surface area contributed by atoms with Crippen molar-refractivity contribution in [3.8, 4) is 0 Å². The number of hydrogen-bond donors (Lipinski definition) is 1. The average Bonchev–Trinajstić information content (AvgIpc) is 3.30. The number of para-hydroxylation sites is 1. The highest BCUT2D eigenvalue weighted by Gasteiger charge is 2.28. The summed E-state index contributed by atoms with van der Waals surface area (Å²) in [6.45, 7) is 3.94. The number of benzene rings is 1. The van der Waals surface area contributed by atoms with E-state index in [0.717, 1.165) is 43.7 Å². The lowest BCUT2D eigenvalue weighted by Gasteiger charge is -2.32. The van der Waals surface area contributed by atoms with Crippen LogP contribution in [0.2, 0.25) is 0 Å². The van der Waals surface area contributed by atoms with Crippen LogP contribution in [0.1, 0.15) is 53.4 Å². The smallest absolute Gasteiger partial charge is 0.292 e. The molecule has 7 nitrogen and oxygen atoms in total. The topological polar surface area (TPSA) is 82.7 Å². The molecular formula is C24H28N4O3. The first-order valence-corrected chi connectivity index (χ1v) is 11.2. The van der Waals surface area contributed by atoms with Crippen LogP contribution in [0.25, 0.3) is 10.9 Å². The zero-order chi connectivity index (χ0) is 21.2. The second-order valence-electron chi connectivity index (χ2n) is 8.70. The third-order valence-corrected chi connectivity index (χ3v) is 6.55. The molecule has 5 rings (SSSR count). The van der Waals surface area contributed by atoms with Gasteiger partial charge < -0.3 is 14.5 Å². The number of pyridine rings is 1. The molecule has 4 heterocycles. The van der Waals surface area contributed by atoms with Crippen molar-refractivity contribution in [2.75, 3.05) is 26.2 Å². The second kappa shape index (κ2) is 8.77. The van der Waals surface area contributed by atoms with E-state index in [2.05, 4.69) is 39.3 Å². The second-order valence-corrected chi connectivity index (χ2v) is 8.70. The molecule has 1 N–H and O–H groups in total. The number of fused-ring (bicyclic) bond motifs is 1. The third-order valence-electron chi connectivity index (χ3n) is 6.55. The van der Waals surface area contributed by atoms with Gasteiger partial charge in [0, 0.05) is 49.7 Å². The molecular weight excluding hydrogens is 392 g/mol. The maximum Gasteiger partial charge on any atom is 0.292 e. The molecule has 0 unspecified atom stereocenters. The molecule has 1 amide bonds. The highest BCUT2D eigenvalue weighted by molar-refractivity contribution is 5.91. The van der Waals surface area contributed by atoms with Gasteiger partial charge in [-0.1, -0.05) is 23.4 Å². The van der Waals surface area contributed by atoms with Crippen molar-refractivity contribution >= 4 is 16.8 Å². The van der Waals surface area contributed by atoms with Crippen molar-refractivity contribution in [3.05, 3.63) is 59.6 Å². The van der Waals surface area contributed by atoms with E-state index in [-0.39, 0.29) is 17.9 Å². The molecule has 0 spiro atoms. The normalized spacial score (nSPS) is 20.9. The fraction of sp³-hybridized carbons (Fsp3) is 0.458. The molecule has 0 saturated carbocycles. The van der Waals surface area contributed by atoms with E-state index in [0.29, 0.717) is 31.7 Å². The van der Waals surface area contributed by atoms with Crippen molar-refractivity contribution in [2.24, 2.45) is 0 Å². The van der Waals surface area contributed by atoms with Gasteiger partial charge in [-0.25, -0.2) is 0 Å². The third kappa shape index (κ3) is 4.34. The SMILES string of the molecule is O=C(c1cc([C@H]2CCCN(Cc3ccnc4ccccc34)C2)no1)N1CCC(O)CC1. The summed E-state index contributed by atoms with van der Waals surface area (Å²) in [7, 11) is 0. The summed E-state index contributed by atoms with van der Waals surface area (Å²) >= 11 is 0. The standard InChI is InChI=1S/C24H28N4O3/c29-19-8-12-28(13-9-19)24(30)23-14-22(26-31-23)18-4-3-11-27(16-18)15-17-7-10-25-21-6-2-1-5-20(17)21/h1-2,5-7,10,14,18-19,29H,3-4,8-9,11-13,15-16H2/t18-/m0/s1. The van der Waals surface area contributed by atoms with Gasteiger partial charge in [0.2, 0.25) is 5.76 Å². The number of aliphatic hydroxyl groups is 1. The number of carbonyl (C=O) groups excluding carboxylic acids is 1. The molecule has 2 aromatic heterocycles. The summed E-state index contributed by atoms with van der Waals surface area (Å²) in [5, 5.41) is 15.1. The lowest BCUT2D eigenvalue weighted by molar-refractivity contribution is 0.0512. The fourth-order valence-electron chi connectivity index (χ4n) is 4.78. The Bertz CT molecular complexity index is 1050. The first-order valence-electron chi connectivity index (χ1n) is 11.2. The van der Waals surface area contributed by atoms with E-state index in [1.54, 1.807) is 4.90 Å². The Balaban J connectivity index is 1.26. The molecule has 0 bridgehead atoms. The Hall–Kier alpha value is -2.77. The van der Waals surface area contributed by atoms with E-state index in [9.17, 15) is 9.90 Å². The van der Waals surface area contributed by atoms with Gasteiger partial charge in [-0.15, -0.1) is 0 Å². The van der Waals surface area contributed by atoms with Crippen LogP contribution in [-0.2, 0) is 6.54 Å². The fourth-order valence-corrected chi connectivity index (χ4v) is 4.78. The van der Waals surface area contributed by atoms with Gasteiger partial charge in [0.05, 0.1) is 17.3 Å². The average molecular weight is 421 g/mol. The summed E-state index contributed by atoms with van der Waals surface area (Å²) in [6.07, 6.45) is 4.95. The first kappa shape index (κ1) is 20.2. The molecule has 162 valence electrons. The van der Waals surface area contributed by atoms with E-state index in [1.165, 1.54) is 10.9 Å². The van der Waals surface area contributed by atoms with Crippen LogP contribution in [0.15, 0.2) is 47.1 Å². The van der Waals surface area contributed by atoms with Gasteiger partial charge >= 0.3 is 0 Å². The molecule has 31 heavy (non-hydrogen) atoms. The molecule has 1 atom stereocenters. The quantitative estimate of drug-likeness (QED) is 0.698. The van der Waals surface area contributed by atoms with Crippen LogP contribution in [0, 0.1) is 0 Å². The summed E-state index contributed by atoms with van der Waals surface area (Å²) in [5.74, 6) is 0.445. The highest BCUT2D eigenvalue weighted by Crippen LogP contribution is 2.29. The molecule has 3 aromatic rings. The maximum atomic E-state index is 12.7. The zero-order valence-electron chi connectivity index (χ0n) is 17.6. The van der Waals surface area contributed by atoms with Gasteiger partial charge in [-0.05, 0) is 49.9 Å². The molecule has 7 heteroatoms. The summed E-state index contributed by atoms with van der Waals surface area (Å²) in [5.41, 5.74) is 3.18. The summed E-state index contributed by atoms with van der Waals surface area (Å²) < 4.78 is 5.44. The number of piperidine rings is 2. The Morgan fingerprint density at radius 2 is 1.97 bits per heavy atom. The molecule has 2 aliphatic rings. The van der Waals surface area contributed by atoms with Crippen LogP contribution in [0.3, 0.4) is 0 Å². The largest absolute Gasteiger partial charge is 0.393 e. The van der Waals surface area contributed by atoms with Crippen molar-refractivity contribution in [3.63, 3.8) is 0 Å². The van der Waals surface area contributed by atoms with Gasteiger partial charge in [-0.2, -0.15) is 0 Å². The van der Waals surface area contributed by atoms with E-state index in [4.69, 9.17) is 4.52 Å². The molecule has 0 aliphatic carbocycles. The molecule has 2 aliphatic heterocycles. The summed E-state index contributed by atoms with van der Waals surface area (Å²) in [6, 6.07) is 12.2. The zero-order valence-corrected chi connectivity index (χ0v) is 17.6. The number of aromatic nitrogens is 2. The van der Waals surface area contributed by atoms with E-state index in [1.807, 2.05) is 18.3 Å². The number of likely N-dealkylation sites (tertiary alicyclic amines) is 2. The number of nitrogens with zero attached hydrogens (tertiary/aromatic N) is 4. The van der Waals surface area contributed by atoms with Gasteiger partial charge in [-0.3, -0.25) is 14.7 Å². The van der Waals surface area contributed by atoms with Crippen LogP contribution >= 0.6 is 0 Å². The van der Waals surface area contributed by atoms with E-state index >= 15 is 0 Å². The predicted octanol–water partition coefficient (Wildman–Crippen LogP) is 3.20. The van der Waals surface area contributed by atoms with Gasteiger partial charge in [0.15, 0.2) is 0 Å². The number of rotatable bonds is 4. The molecule has 2 saturated heterocycles. The summed E-state index contributed by atoms with van der Waals surface area (Å²) in [4.78, 5) is 21.4.